The molecule has 6 N–H and O–H groups in total. The minimum atomic E-state index is -0.787. The van der Waals surface area contributed by atoms with Gasteiger partial charge in [-0.15, -0.1) is 0 Å². The number of benzene rings is 3. The van der Waals surface area contributed by atoms with E-state index < -0.39 is 12.1 Å². The lowest BCUT2D eigenvalue weighted by Crippen LogP contribution is -2.35. The van der Waals surface area contributed by atoms with Crippen molar-refractivity contribution in [3.63, 3.8) is 0 Å². The molecule has 4 aromatic rings. The zero-order valence-electron chi connectivity index (χ0n) is 27.7. The van der Waals surface area contributed by atoms with Gasteiger partial charge in [0, 0.05) is 48.2 Å². The largest absolute Gasteiger partial charge is 0.492 e. The van der Waals surface area contributed by atoms with E-state index in [9.17, 15) is 20.6 Å². The van der Waals surface area contributed by atoms with E-state index in [2.05, 4.69) is 21.7 Å². The zero-order chi connectivity index (χ0) is 35.9. The number of rotatable bonds is 20. The van der Waals surface area contributed by atoms with Crippen LogP contribution in [0.4, 0.5) is 0 Å². The molecule has 13 heteroatoms. The van der Waals surface area contributed by atoms with Crippen LogP contribution < -0.4 is 24.8 Å². The Bertz CT molecular complexity index is 1730. The highest BCUT2D eigenvalue weighted by Gasteiger charge is 2.17. The monoisotopic (exact) mass is 724 g/mol. The van der Waals surface area contributed by atoms with E-state index in [1.165, 1.54) is 6.20 Å². The van der Waals surface area contributed by atoms with Gasteiger partial charge in [-0.3, -0.25) is 4.98 Å². The van der Waals surface area contributed by atoms with Crippen LogP contribution in [0.3, 0.4) is 0 Å². The van der Waals surface area contributed by atoms with Crippen molar-refractivity contribution in [2.45, 2.75) is 45.2 Å². The molecule has 3 aromatic carbocycles. The molecule has 0 amide bonds. The van der Waals surface area contributed by atoms with Crippen LogP contribution in [0.1, 0.15) is 34.2 Å². The van der Waals surface area contributed by atoms with E-state index in [0.717, 1.165) is 22.3 Å². The Kier molecular flexibility index (Phi) is 15.6. The molecule has 0 aliphatic heterocycles. The number of hydrogen-bond acceptors (Lipinski definition) is 11. The maximum absolute atomic E-state index is 9.51. The molecule has 11 nitrogen and oxygen atoms in total. The molecule has 266 valence electrons. The summed E-state index contributed by atoms with van der Waals surface area (Å²) in [5.41, 5.74) is 5.43. The van der Waals surface area contributed by atoms with Crippen LogP contribution in [-0.4, -0.2) is 77.1 Å². The highest BCUT2D eigenvalue weighted by Crippen LogP contribution is 2.38. The average molecular weight is 726 g/mol. The van der Waals surface area contributed by atoms with Crippen molar-refractivity contribution in [2.24, 2.45) is 0 Å². The quantitative estimate of drug-likeness (QED) is 0.0708. The Balaban J connectivity index is 1.49. The van der Waals surface area contributed by atoms with E-state index in [-0.39, 0.29) is 39.6 Å². The molecule has 0 radical (unpaired) electrons. The second-order valence-electron chi connectivity index (χ2n) is 11.6. The fourth-order valence-electron chi connectivity index (χ4n) is 5.02. The molecule has 0 spiro atoms. The van der Waals surface area contributed by atoms with Gasteiger partial charge in [-0.2, -0.15) is 5.26 Å². The fourth-order valence-corrected chi connectivity index (χ4v) is 5.54. The molecule has 0 aliphatic carbocycles. The van der Waals surface area contributed by atoms with Gasteiger partial charge in [0.25, 0.3) is 0 Å². The summed E-state index contributed by atoms with van der Waals surface area (Å²) < 4.78 is 18.4. The van der Waals surface area contributed by atoms with Gasteiger partial charge in [0.1, 0.15) is 36.5 Å². The number of nitrogens with zero attached hydrogens (tertiary/aromatic N) is 2. The van der Waals surface area contributed by atoms with Crippen LogP contribution in [0.15, 0.2) is 67.0 Å². The molecule has 1 aromatic heterocycles. The predicted octanol–water partition coefficient (Wildman–Crippen LogP) is 4.55. The van der Waals surface area contributed by atoms with Crippen LogP contribution in [0, 0.1) is 18.3 Å². The fraction of sp³-hybridized carbons (Fsp3) is 0.351. The van der Waals surface area contributed by atoms with Crippen LogP contribution in [-0.2, 0) is 19.8 Å². The molecule has 0 aliphatic rings. The van der Waals surface area contributed by atoms with Crippen molar-refractivity contribution < 1.29 is 34.6 Å². The molecule has 0 bridgehead atoms. The topological polar surface area (TPSA) is 169 Å². The molecular formula is C37H42Cl2N4O7. The molecule has 50 heavy (non-hydrogen) atoms. The van der Waals surface area contributed by atoms with Gasteiger partial charge < -0.3 is 45.3 Å². The van der Waals surface area contributed by atoms with Crippen LogP contribution in [0.25, 0.3) is 11.1 Å². The molecule has 1 heterocycles. The second kappa shape index (κ2) is 20.0. The number of aromatic nitrogens is 1. The summed E-state index contributed by atoms with van der Waals surface area (Å²) in [5.74, 6) is 1.43. The smallest absolute Gasteiger partial charge is 0.142 e. The van der Waals surface area contributed by atoms with Crippen LogP contribution in [0.5, 0.6) is 17.2 Å². The van der Waals surface area contributed by atoms with Crippen molar-refractivity contribution in [2.75, 3.05) is 39.5 Å². The van der Waals surface area contributed by atoms with Gasteiger partial charge in [-0.05, 0) is 54.8 Å². The summed E-state index contributed by atoms with van der Waals surface area (Å²) in [7, 11) is 0. The van der Waals surface area contributed by atoms with Crippen molar-refractivity contribution in [1.29, 1.82) is 5.26 Å². The van der Waals surface area contributed by atoms with Gasteiger partial charge in [0.2, 0.25) is 0 Å². The Hall–Kier alpha value is -3.96. The van der Waals surface area contributed by atoms with Crippen molar-refractivity contribution in [1.82, 2.24) is 15.6 Å². The van der Waals surface area contributed by atoms with Crippen molar-refractivity contribution in [3.05, 3.63) is 105 Å². The first-order chi connectivity index (χ1) is 24.3. The molecule has 1 atom stereocenters. The normalized spacial score (nSPS) is 11.7. The minimum absolute atomic E-state index is 0.135. The highest BCUT2D eigenvalue weighted by molar-refractivity contribution is 6.35. The van der Waals surface area contributed by atoms with Crippen molar-refractivity contribution in [3.8, 4) is 34.4 Å². The molecule has 1 unspecified atom stereocenters. The molecular weight excluding hydrogens is 683 g/mol. The first kappa shape index (κ1) is 38.8. The number of pyridine rings is 1. The maximum Gasteiger partial charge on any atom is 0.142 e. The van der Waals surface area contributed by atoms with Gasteiger partial charge in [-0.25, -0.2) is 0 Å². The lowest BCUT2D eigenvalue weighted by molar-refractivity contribution is 0.0942. The Morgan fingerprint density at radius 2 is 1.62 bits per heavy atom. The Labute approximate surface area is 302 Å². The van der Waals surface area contributed by atoms with E-state index >= 15 is 0 Å². The van der Waals surface area contributed by atoms with Gasteiger partial charge in [0.05, 0.1) is 54.2 Å². The third-order valence-corrected chi connectivity index (χ3v) is 8.57. The lowest BCUT2D eigenvalue weighted by Gasteiger charge is -2.19. The second-order valence-corrected chi connectivity index (χ2v) is 12.3. The standard InChI is InChI=1S/C37H42Cl2N4O7/c1-24-27(5-2-6-31(24)32-7-3-8-34(37(32)39)48-10-4-9-41-18-30(47)21-46)23-50-36-13-35(49-22-26-11-25(14-40)15-42-16-26)28(12-33(36)38)17-43-29(19-44)20-45/h2-3,5-8,11-13,15-16,29-30,41,43-47H,4,9-10,17-23H2,1H3. The third kappa shape index (κ3) is 11.0. The number of aliphatic hydroxyl groups is 4. The van der Waals surface area contributed by atoms with Gasteiger partial charge in [-0.1, -0.05) is 53.5 Å². The summed E-state index contributed by atoms with van der Waals surface area (Å²) in [4.78, 5) is 4.10. The first-order valence-corrected chi connectivity index (χ1v) is 16.9. The molecule has 0 saturated carbocycles. The summed E-state index contributed by atoms with van der Waals surface area (Å²) in [6.07, 6.45) is 3.00. The van der Waals surface area contributed by atoms with E-state index in [1.54, 1.807) is 24.4 Å². The number of aliphatic hydroxyl groups excluding tert-OH is 4. The predicted molar refractivity (Wildman–Crippen MR) is 192 cm³/mol. The summed E-state index contributed by atoms with van der Waals surface area (Å²) >= 11 is 13.5. The van der Waals surface area contributed by atoms with E-state index in [0.29, 0.717) is 70.1 Å². The number of nitriles is 1. The zero-order valence-corrected chi connectivity index (χ0v) is 29.3. The Morgan fingerprint density at radius 1 is 0.860 bits per heavy atom. The third-order valence-electron chi connectivity index (χ3n) is 7.88. The first-order valence-electron chi connectivity index (χ1n) is 16.1. The number of hydrogen-bond donors (Lipinski definition) is 6. The molecule has 4 rings (SSSR count). The van der Waals surface area contributed by atoms with Gasteiger partial charge in [0.15, 0.2) is 0 Å². The van der Waals surface area contributed by atoms with E-state index in [4.69, 9.17) is 42.5 Å². The SMILES string of the molecule is Cc1c(COc2cc(OCc3cncc(C#N)c3)c(CNC(CO)CO)cc2Cl)cccc1-c1cccc(OCCCNCC(O)CO)c1Cl. The lowest BCUT2D eigenvalue weighted by atomic mass is 9.96. The summed E-state index contributed by atoms with van der Waals surface area (Å²) in [5, 5.41) is 53.6. The van der Waals surface area contributed by atoms with Gasteiger partial charge >= 0.3 is 0 Å². The molecule has 0 saturated heterocycles. The van der Waals surface area contributed by atoms with Crippen LogP contribution in [0.2, 0.25) is 10.0 Å². The number of ether oxygens (including phenoxy) is 3. The summed E-state index contributed by atoms with van der Waals surface area (Å²) in [6, 6.07) is 18.2. The highest BCUT2D eigenvalue weighted by atomic mass is 35.5. The molecule has 0 fully saturated rings. The number of halogens is 2. The van der Waals surface area contributed by atoms with E-state index in [1.807, 2.05) is 43.3 Å². The Morgan fingerprint density at radius 3 is 2.38 bits per heavy atom. The average Bonchev–Trinajstić information content (AvgIpc) is 3.13. The maximum atomic E-state index is 9.51. The summed E-state index contributed by atoms with van der Waals surface area (Å²) in [6.45, 7) is 3.17. The van der Waals surface area contributed by atoms with Crippen LogP contribution >= 0.6 is 23.2 Å². The van der Waals surface area contributed by atoms with Crippen molar-refractivity contribution >= 4 is 23.2 Å². The number of nitrogens with one attached hydrogen (secondary N) is 2. The minimum Gasteiger partial charge on any atom is -0.492 e.